The molecule has 2 rings (SSSR count). The molecule has 4 heteroatoms. The summed E-state index contributed by atoms with van der Waals surface area (Å²) in [7, 11) is 1.40. The lowest BCUT2D eigenvalue weighted by Gasteiger charge is -2.15. The lowest BCUT2D eigenvalue weighted by atomic mass is 9.97. The van der Waals surface area contributed by atoms with Gasteiger partial charge in [0.25, 0.3) is 0 Å². The van der Waals surface area contributed by atoms with E-state index in [-0.39, 0.29) is 24.4 Å². The molecule has 0 spiro atoms. The standard InChI is InChI=1S/C14H19NO3/c1-18-14(17)13-9-15(8-12(13)10-16)7-11-5-3-2-4-6-11/h2-6,12-13,16H,7-10H2,1H3. The van der Waals surface area contributed by atoms with Crippen LogP contribution < -0.4 is 0 Å². The van der Waals surface area contributed by atoms with Gasteiger partial charge in [0.2, 0.25) is 0 Å². The molecule has 0 amide bonds. The second kappa shape index (κ2) is 5.98. The maximum absolute atomic E-state index is 11.6. The van der Waals surface area contributed by atoms with E-state index in [1.54, 1.807) is 0 Å². The average molecular weight is 249 g/mol. The number of ether oxygens (including phenoxy) is 1. The van der Waals surface area contributed by atoms with Crippen LogP contribution in [0.15, 0.2) is 30.3 Å². The van der Waals surface area contributed by atoms with E-state index in [0.717, 1.165) is 13.1 Å². The molecule has 2 atom stereocenters. The summed E-state index contributed by atoms with van der Waals surface area (Å²) in [6, 6.07) is 10.1. The van der Waals surface area contributed by atoms with Gasteiger partial charge in [-0.1, -0.05) is 30.3 Å². The van der Waals surface area contributed by atoms with Crippen molar-refractivity contribution in [3.8, 4) is 0 Å². The zero-order valence-corrected chi connectivity index (χ0v) is 10.6. The number of hydrogen-bond donors (Lipinski definition) is 1. The van der Waals surface area contributed by atoms with Crippen molar-refractivity contribution >= 4 is 5.97 Å². The van der Waals surface area contributed by atoms with Gasteiger partial charge in [-0.15, -0.1) is 0 Å². The van der Waals surface area contributed by atoms with Crippen LogP contribution in [0.25, 0.3) is 0 Å². The topological polar surface area (TPSA) is 49.8 Å². The number of benzene rings is 1. The molecule has 98 valence electrons. The monoisotopic (exact) mass is 249 g/mol. The number of methoxy groups -OCH3 is 1. The summed E-state index contributed by atoms with van der Waals surface area (Å²) in [5.41, 5.74) is 1.22. The third kappa shape index (κ3) is 2.89. The van der Waals surface area contributed by atoms with Gasteiger partial charge >= 0.3 is 5.97 Å². The predicted molar refractivity (Wildman–Crippen MR) is 67.8 cm³/mol. The number of esters is 1. The fourth-order valence-corrected chi connectivity index (χ4v) is 2.53. The first-order valence-corrected chi connectivity index (χ1v) is 6.19. The van der Waals surface area contributed by atoms with Crippen molar-refractivity contribution in [2.24, 2.45) is 11.8 Å². The molecule has 1 fully saturated rings. The summed E-state index contributed by atoms with van der Waals surface area (Å²) < 4.78 is 4.79. The Labute approximate surface area is 107 Å². The Morgan fingerprint density at radius 1 is 1.39 bits per heavy atom. The quantitative estimate of drug-likeness (QED) is 0.806. The molecule has 1 N–H and O–H groups in total. The van der Waals surface area contributed by atoms with Crippen LogP contribution in [0, 0.1) is 11.8 Å². The van der Waals surface area contributed by atoms with Gasteiger partial charge in [-0.3, -0.25) is 9.69 Å². The maximum atomic E-state index is 11.6. The number of rotatable bonds is 4. The summed E-state index contributed by atoms with van der Waals surface area (Å²) in [5, 5.41) is 9.33. The van der Waals surface area contributed by atoms with Crippen molar-refractivity contribution in [1.82, 2.24) is 4.90 Å². The zero-order valence-electron chi connectivity index (χ0n) is 10.6. The van der Waals surface area contributed by atoms with Gasteiger partial charge in [0.1, 0.15) is 0 Å². The van der Waals surface area contributed by atoms with Crippen LogP contribution in [0.1, 0.15) is 5.56 Å². The summed E-state index contributed by atoms with van der Waals surface area (Å²) in [5.74, 6) is -0.436. The van der Waals surface area contributed by atoms with Gasteiger partial charge in [-0.2, -0.15) is 0 Å². The highest BCUT2D eigenvalue weighted by Crippen LogP contribution is 2.25. The van der Waals surface area contributed by atoms with E-state index in [1.165, 1.54) is 12.7 Å². The predicted octanol–water partition coefficient (Wildman–Crippen LogP) is 0.900. The maximum Gasteiger partial charge on any atom is 0.310 e. The lowest BCUT2D eigenvalue weighted by molar-refractivity contribution is -0.146. The van der Waals surface area contributed by atoms with Crippen molar-refractivity contribution in [1.29, 1.82) is 0 Å². The summed E-state index contributed by atoms with van der Waals surface area (Å²) >= 11 is 0. The number of likely N-dealkylation sites (tertiary alicyclic amines) is 1. The van der Waals surface area contributed by atoms with Gasteiger partial charge in [0.15, 0.2) is 0 Å². The molecule has 1 aromatic rings. The van der Waals surface area contributed by atoms with Gasteiger partial charge in [0, 0.05) is 32.2 Å². The molecule has 1 aliphatic rings. The van der Waals surface area contributed by atoms with Crippen LogP contribution in [0.5, 0.6) is 0 Å². The second-order valence-electron chi connectivity index (χ2n) is 4.75. The largest absolute Gasteiger partial charge is 0.469 e. The minimum Gasteiger partial charge on any atom is -0.469 e. The van der Waals surface area contributed by atoms with Crippen molar-refractivity contribution in [2.75, 3.05) is 26.8 Å². The van der Waals surface area contributed by atoms with E-state index >= 15 is 0 Å². The molecular formula is C14H19NO3. The third-order valence-electron chi connectivity index (χ3n) is 3.50. The van der Waals surface area contributed by atoms with E-state index in [1.807, 2.05) is 18.2 Å². The molecule has 1 saturated heterocycles. The third-order valence-corrected chi connectivity index (χ3v) is 3.50. The first-order chi connectivity index (χ1) is 8.74. The summed E-state index contributed by atoms with van der Waals surface area (Å²) in [4.78, 5) is 13.8. The van der Waals surface area contributed by atoms with E-state index in [0.29, 0.717) is 6.54 Å². The molecule has 18 heavy (non-hydrogen) atoms. The Balaban J connectivity index is 1.99. The van der Waals surface area contributed by atoms with Crippen LogP contribution in [0.3, 0.4) is 0 Å². The van der Waals surface area contributed by atoms with E-state index in [2.05, 4.69) is 17.0 Å². The number of nitrogens with zero attached hydrogens (tertiary/aromatic N) is 1. The average Bonchev–Trinajstić information content (AvgIpc) is 2.82. The zero-order chi connectivity index (χ0) is 13.0. The van der Waals surface area contributed by atoms with Crippen molar-refractivity contribution in [2.45, 2.75) is 6.54 Å². The molecule has 1 aliphatic heterocycles. The summed E-state index contributed by atoms with van der Waals surface area (Å²) in [6.45, 7) is 2.24. The van der Waals surface area contributed by atoms with Crippen LogP contribution in [0.4, 0.5) is 0 Å². The molecule has 0 radical (unpaired) electrons. The van der Waals surface area contributed by atoms with Crippen molar-refractivity contribution in [3.05, 3.63) is 35.9 Å². The fraction of sp³-hybridized carbons (Fsp3) is 0.500. The van der Waals surface area contributed by atoms with Crippen molar-refractivity contribution < 1.29 is 14.6 Å². The first kappa shape index (κ1) is 13.1. The Bertz CT molecular complexity index is 393. The van der Waals surface area contributed by atoms with Crippen molar-refractivity contribution in [3.63, 3.8) is 0 Å². The first-order valence-electron chi connectivity index (χ1n) is 6.19. The summed E-state index contributed by atoms with van der Waals surface area (Å²) in [6.07, 6.45) is 0. The molecule has 1 heterocycles. The Hall–Kier alpha value is -1.39. The molecule has 1 aromatic carbocycles. The molecule has 0 bridgehead atoms. The number of aliphatic hydroxyl groups excluding tert-OH is 1. The highest BCUT2D eigenvalue weighted by Gasteiger charge is 2.37. The number of carbonyl (C=O) groups is 1. The second-order valence-corrected chi connectivity index (χ2v) is 4.75. The van der Waals surface area contributed by atoms with E-state index in [9.17, 15) is 9.90 Å². The molecule has 0 aromatic heterocycles. The molecule has 0 aliphatic carbocycles. The van der Waals surface area contributed by atoms with Gasteiger partial charge in [0.05, 0.1) is 13.0 Å². The van der Waals surface area contributed by atoms with Crippen LogP contribution >= 0.6 is 0 Å². The lowest BCUT2D eigenvalue weighted by Crippen LogP contribution is -2.26. The Morgan fingerprint density at radius 2 is 2.11 bits per heavy atom. The van der Waals surface area contributed by atoms with Gasteiger partial charge < -0.3 is 9.84 Å². The Morgan fingerprint density at radius 3 is 2.72 bits per heavy atom. The number of carbonyl (C=O) groups excluding carboxylic acids is 1. The van der Waals surface area contributed by atoms with Crippen LogP contribution in [-0.4, -0.2) is 42.8 Å². The van der Waals surface area contributed by atoms with Gasteiger partial charge in [-0.05, 0) is 5.56 Å². The SMILES string of the molecule is COC(=O)C1CN(Cc2ccccc2)CC1CO. The highest BCUT2D eigenvalue weighted by atomic mass is 16.5. The Kier molecular flexibility index (Phi) is 4.33. The minimum absolute atomic E-state index is 0.0128. The van der Waals surface area contributed by atoms with Gasteiger partial charge in [-0.25, -0.2) is 0 Å². The number of aliphatic hydroxyl groups is 1. The smallest absolute Gasteiger partial charge is 0.310 e. The van der Waals surface area contributed by atoms with E-state index in [4.69, 9.17) is 4.74 Å². The highest BCUT2D eigenvalue weighted by molar-refractivity contribution is 5.73. The molecule has 0 saturated carbocycles. The van der Waals surface area contributed by atoms with Crippen LogP contribution in [0.2, 0.25) is 0 Å². The molecular weight excluding hydrogens is 230 g/mol. The molecule has 2 unspecified atom stereocenters. The van der Waals surface area contributed by atoms with E-state index < -0.39 is 0 Å². The fourth-order valence-electron chi connectivity index (χ4n) is 2.53. The normalized spacial score (nSPS) is 24.1. The van der Waals surface area contributed by atoms with Crippen LogP contribution in [-0.2, 0) is 16.1 Å². The molecule has 4 nitrogen and oxygen atoms in total. The minimum atomic E-state index is -0.218. The number of hydrogen-bond acceptors (Lipinski definition) is 4.